The zero-order valence-corrected chi connectivity index (χ0v) is 10.6. The highest BCUT2D eigenvalue weighted by molar-refractivity contribution is 6.05. The highest BCUT2D eigenvalue weighted by Gasteiger charge is 2.46. The summed E-state index contributed by atoms with van der Waals surface area (Å²) in [5, 5.41) is 8.92. The summed E-state index contributed by atoms with van der Waals surface area (Å²) in [5.41, 5.74) is 1.95. The Balaban J connectivity index is 1.91. The predicted molar refractivity (Wildman–Crippen MR) is 68.5 cm³/mol. The van der Waals surface area contributed by atoms with Gasteiger partial charge in [0.2, 0.25) is 6.41 Å². The van der Waals surface area contributed by atoms with Crippen molar-refractivity contribution in [2.24, 2.45) is 5.41 Å². The van der Waals surface area contributed by atoms with Crippen LogP contribution in [0.3, 0.4) is 0 Å². The molecule has 0 saturated carbocycles. The number of likely N-dealkylation sites (tertiary alicyclic amines) is 1. The van der Waals surface area contributed by atoms with Crippen LogP contribution < -0.4 is 0 Å². The zero-order chi connectivity index (χ0) is 13.5. The van der Waals surface area contributed by atoms with Crippen LogP contribution >= 0.6 is 0 Å². The summed E-state index contributed by atoms with van der Waals surface area (Å²) in [6, 6.07) is 7.45. The molecule has 4 nitrogen and oxygen atoms in total. The van der Waals surface area contributed by atoms with Gasteiger partial charge in [-0.2, -0.15) is 5.26 Å². The van der Waals surface area contributed by atoms with Crippen molar-refractivity contribution < 1.29 is 9.59 Å². The second-order valence-electron chi connectivity index (χ2n) is 5.41. The molecule has 2 aliphatic rings. The molecule has 0 aromatic heterocycles. The molecule has 1 aliphatic heterocycles. The maximum absolute atomic E-state index is 12.6. The van der Waals surface area contributed by atoms with Crippen molar-refractivity contribution in [3.63, 3.8) is 0 Å². The lowest BCUT2D eigenvalue weighted by molar-refractivity contribution is -0.119. The fourth-order valence-corrected chi connectivity index (χ4v) is 3.20. The first-order valence-electron chi connectivity index (χ1n) is 6.46. The smallest absolute Gasteiger partial charge is 0.209 e. The van der Waals surface area contributed by atoms with Gasteiger partial charge >= 0.3 is 0 Å². The lowest BCUT2D eigenvalue weighted by Crippen LogP contribution is -2.42. The largest absolute Gasteiger partial charge is 0.345 e. The van der Waals surface area contributed by atoms with Crippen molar-refractivity contribution in [2.45, 2.75) is 19.3 Å². The minimum absolute atomic E-state index is 0.158. The second kappa shape index (κ2) is 4.20. The predicted octanol–water partition coefficient (Wildman–Crippen LogP) is 1.54. The molecule has 1 aromatic rings. The fraction of sp³-hybridized carbons (Fsp3) is 0.400. The lowest BCUT2D eigenvalue weighted by atomic mass is 9.75. The second-order valence-corrected chi connectivity index (χ2v) is 5.41. The number of nitrogens with zero attached hydrogens (tertiary/aromatic N) is 2. The van der Waals surface area contributed by atoms with Gasteiger partial charge in [-0.15, -0.1) is 0 Å². The topological polar surface area (TPSA) is 61.2 Å². The maximum atomic E-state index is 12.6. The van der Waals surface area contributed by atoms with Crippen molar-refractivity contribution in [1.29, 1.82) is 5.26 Å². The van der Waals surface area contributed by atoms with Gasteiger partial charge in [-0.3, -0.25) is 9.59 Å². The van der Waals surface area contributed by atoms with Crippen molar-refractivity contribution in [1.82, 2.24) is 4.90 Å². The quantitative estimate of drug-likeness (QED) is 0.714. The molecular weight excluding hydrogens is 240 g/mol. The van der Waals surface area contributed by atoms with E-state index in [9.17, 15) is 9.59 Å². The SMILES string of the molecule is N#Cc1ccc2c(c1)C(=O)C1(CCN(C=O)CC1)C2. The maximum Gasteiger partial charge on any atom is 0.209 e. The number of ketones is 1. The van der Waals surface area contributed by atoms with E-state index in [0.29, 0.717) is 24.2 Å². The van der Waals surface area contributed by atoms with Crippen molar-refractivity contribution in [2.75, 3.05) is 13.1 Å². The van der Waals surface area contributed by atoms with E-state index in [1.54, 1.807) is 17.0 Å². The molecule has 0 radical (unpaired) electrons. The van der Waals surface area contributed by atoms with Crippen molar-refractivity contribution in [3.05, 3.63) is 34.9 Å². The molecule has 1 spiro atoms. The first-order chi connectivity index (χ1) is 9.18. The molecule has 0 N–H and O–H groups in total. The van der Waals surface area contributed by atoms with Crippen molar-refractivity contribution >= 4 is 12.2 Å². The third-order valence-corrected chi connectivity index (χ3v) is 4.40. The van der Waals surface area contributed by atoms with E-state index in [2.05, 4.69) is 6.07 Å². The van der Waals surface area contributed by atoms with Gasteiger partial charge in [-0.05, 0) is 37.0 Å². The first-order valence-corrected chi connectivity index (χ1v) is 6.46. The van der Waals surface area contributed by atoms with E-state index in [-0.39, 0.29) is 11.2 Å². The van der Waals surface area contributed by atoms with Gasteiger partial charge in [-0.1, -0.05) is 6.07 Å². The number of nitriles is 1. The number of piperidine rings is 1. The molecule has 0 bridgehead atoms. The number of hydrogen-bond acceptors (Lipinski definition) is 3. The first kappa shape index (κ1) is 11.9. The van der Waals surface area contributed by atoms with Gasteiger partial charge in [0.25, 0.3) is 0 Å². The molecule has 0 atom stereocenters. The van der Waals surface area contributed by atoms with Gasteiger partial charge in [-0.25, -0.2) is 0 Å². The minimum Gasteiger partial charge on any atom is -0.345 e. The number of carbonyl (C=O) groups excluding carboxylic acids is 2. The third-order valence-electron chi connectivity index (χ3n) is 4.40. The molecule has 1 amide bonds. The average molecular weight is 254 g/mol. The van der Waals surface area contributed by atoms with E-state index < -0.39 is 0 Å². The van der Waals surface area contributed by atoms with Crippen LogP contribution in [0.1, 0.15) is 34.3 Å². The number of hydrogen-bond donors (Lipinski definition) is 0. The van der Waals surface area contributed by atoms with Crippen LogP contribution in [0.25, 0.3) is 0 Å². The van der Waals surface area contributed by atoms with Gasteiger partial charge < -0.3 is 4.90 Å². The van der Waals surface area contributed by atoms with E-state index in [1.807, 2.05) is 6.07 Å². The molecule has 0 unspecified atom stereocenters. The Kier molecular flexibility index (Phi) is 2.63. The lowest BCUT2D eigenvalue weighted by Gasteiger charge is -2.36. The third kappa shape index (κ3) is 1.74. The monoisotopic (exact) mass is 254 g/mol. The van der Waals surface area contributed by atoms with Crippen LogP contribution in [0, 0.1) is 16.7 Å². The van der Waals surface area contributed by atoms with Crippen LogP contribution in [0.15, 0.2) is 18.2 Å². The summed E-state index contributed by atoms with van der Waals surface area (Å²) in [4.78, 5) is 25.1. The molecule has 96 valence electrons. The van der Waals surface area contributed by atoms with Gasteiger partial charge in [0.15, 0.2) is 5.78 Å². The summed E-state index contributed by atoms with van der Waals surface area (Å²) >= 11 is 0. The summed E-state index contributed by atoms with van der Waals surface area (Å²) in [6.45, 7) is 1.29. The highest BCUT2D eigenvalue weighted by atomic mass is 16.1. The van der Waals surface area contributed by atoms with Gasteiger partial charge in [0, 0.05) is 24.1 Å². The summed E-state index contributed by atoms with van der Waals surface area (Å²) in [6.07, 6.45) is 3.05. The molecule has 1 heterocycles. The number of carbonyl (C=O) groups is 2. The Morgan fingerprint density at radius 2 is 2.05 bits per heavy atom. The average Bonchev–Trinajstić information content (AvgIpc) is 2.72. The molecule has 1 fully saturated rings. The van der Waals surface area contributed by atoms with Gasteiger partial charge in [0.05, 0.1) is 11.6 Å². The summed E-state index contributed by atoms with van der Waals surface area (Å²) in [7, 11) is 0. The summed E-state index contributed by atoms with van der Waals surface area (Å²) in [5.74, 6) is 0.158. The number of benzene rings is 1. The Bertz CT molecular complexity index is 593. The van der Waals surface area contributed by atoms with Crippen LogP contribution in [-0.2, 0) is 11.2 Å². The van der Waals surface area contributed by atoms with Crippen LogP contribution in [0.2, 0.25) is 0 Å². The normalized spacial score (nSPS) is 20.2. The molecule has 19 heavy (non-hydrogen) atoms. The number of fused-ring (bicyclic) bond motifs is 1. The van der Waals surface area contributed by atoms with Crippen LogP contribution in [0.4, 0.5) is 0 Å². The molecule has 4 heteroatoms. The Morgan fingerprint density at radius 1 is 1.32 bits per heavy atom. The fourth-order valence-electron chi connectivity index (χ4n) is 3.20. The standard InChI is InChI=1S/C15H14N2O2/c16-9-11-1-2-12-8-15(14(19)13(12)7-11)3-5-17(10-18)6-4-15/h1-2,7,10H,3-6,8H2. The Labute approximate surface area is 111 Å². The molecule has 3 rings (SSSR count). The molecule has 1 aromatic carbocycles. The van der Waals surface area contributed by atoms with Gasteiger partial charge in [0.1, 0.15) is 0 Å². The molecular formula is C15H14N2O2. The van der Waals surface area contributed by atoms with Crippen LogP contribution in [0.5, 0.6) is 0 Å². The Morgan fingerprint density at radius 3 is 2.68 bits per heavy atom. The highest BCUT2D eigenvalue weighted by Crippen LogP contribution is 2.44. The van der Waals surface area contributed by atoms with E-state index >= 15 is 0 Å². The Hall–Kier alpha value is -2.15. The van der Waals surface area contributed by atoms with E-state index in [1.165, 1.54) is 0 Å². The molecule has 1 aliphatic carbocycles. The number of Topliss-reactive ketones (excluding diaryl/α,β-unsaturated/α-hetero) is 1. The summed E-state index contributed by atoms with van der Waals surface area (Å²) < 4.78 is 0. The van der Waals surface area contributed by atoms with E-state index in [4.69, 9.17) is 5.26 Å². The van der Waals surface area contributed by atoms with Crippen LogP contribution in [-0.4, -0.2) is 30.2 Å². The number of rotatable bonds is 1. The van der Waals surface area contributed by atoms with Crippen molar-refractivity contribution in [3.8, 4) is 6.07 Å². The number of amides is 1. The zero-order valence-electron chi connectivity index (χ0n) is 10.6. The molecule has 1 saturated heterocycles. The minimum atomic E-state index is -0.337. The van der Waals surface area contributed by atoms with E-state index in [0.717, 1.165) is 31.2 Å².